The van der Waals surface area contributed by atoms with Crippen molar-refractivity contribution in [2.24, 2.45) is 11.8 Å². The molecule has 1 saturated heterocycles. The second kappa shape index (κ2) is 3.67. The third-order valence-electron chi connectivity index (χ3n) is 6.05. The fourth-order valence-corrected chi connectivity index (χ4v) is 4.88. The summed E-state index contributed by atoms with van der Waals surface area (Å²) in [5.74, 6) is 4.51. The van der Waals surface area contributed by atoms with Gasteiger partial charge in [-0.15, -0.1) is 0 Å². The Morgan fingerprint density at radius 1 is 0.875 bits per heavy atom. The zero-order valence-electron chi connectivity index (χ0n) is 12.9. The number of epoxide rings is 1. The van der Waals surface area contributed by atoms with Gasteiger partial charge in [0.05, 0.1) is 0 Å². The number of hydrogen-bond acceptors (Lipinski definition) is 2. The van der Waals surface area contributed by atoms with Gasteiger partial charge in [0.25, 0.3) is 0 Å². The van der Waals surface area contributed by atoms with Crippen LogP contribution >= 0.6 is 0 Å². The van der Waals surface area contributed by atoms with Crippen LogP contribution in [0.3, 0.4) is 0 Å². The molecule has 114 valence electrons. The highest BCUT2D eigenvalue weighted by Gasteiger charge is 2.52. The Labute approximate surface area is 139 Å². The highest BCUT2D eigenvalue weighted by atomic mass is 16.6. The summed E-state index contributed by atoms with van der Waals surface area (Å²) < 4.78 is 11.9. The number of allylic oxidation sites excluding steroid dienone is 7. The number of hydrogen-bond donors (Lipinski definition) is 0. The molecule has 1 fully saturated rings. The van der Waals surface area contributed by atoms with Gasteiger partial charge in [0, 0.05) is 34.5 Å². The molecule has 0 saturated carbocycles. The first kappa shape index (κ1) is 11.7. The van der Waals surface area contributed by atoms with Crippen LogP contribution in [-0.4, -0.2) is 6.10 Å². The molecule has 4 unspecified atom stereocenters. The average Bonchev–Trinajstić information content (AvgIpc) is 3.54. The predicted molar refractivity (Wildman–Crippen MR) is 90.5 cm³/mol. The monoisotopic (exact) mass is 310 g/mol. The second-order valence-electron chi connectivity index (χ2n) is 7.22. The number of fused-ring (bicyclic) bond motifs is 10. The molecule has 0 amide bonds. The van der Waals surface area contributed by atoms with Crippen LogP contribution in [-0.2, 0) is 9.47 Å². The Kier molecular flexibility index (Phi) is 1.80. The van der Waals surface area contributed by atoms with E-state index in [1.54, 1.807) is 0 Å². The molecule has 0 aromatic heterocycles. The van der Waals surface area contributed by atoms with Gasteiger partial charge in [-0.05, 0) is 11.1 Å². The lowest BCUT2D eigenvalue weighted by atomic mass is 9.68. The largest absolute Gasteiger partial charge is 0.477 e. The van der Waals surface area contributed by atoms with Gasteiger partial charge in [-0.1, -0.05) is 60.7 Å². The lowest BCUT2D eigenvalue weighted by Crippen LogP contribution is -2.24. The fourth-order valence-electron chi connectivity index (χ4n) is 4.88. The van der Waals surface area contributed by atoms with Gasteiger partial charge >= 0.3 is 0 Å². The minimum atomic E-state index is 0.183. The normalized spacial score (nSPS) is 35.2. The van der Waals surface area contributed by atoms with E-state index in [4.69, 9.17) is 9.47 Å². The van der Waals surface area contributed by atoms with Crippen molar-refractivity contribution in [2.45, 2.75) is 12.0 Å². The van der Waals surface area contributed by atoms with Crippen LogP contribution in [0.4, 0.5) is 0 Å². The first-order chi connectivity index (χ1) is 11.9. The zero-order valence-corrected chi connectivity index (χ0v) is 12.9. The van der Waals surface area contributed by atoms with Crippen molar-refractivity contribution < 1.29 is 9.47 Å². The van der Waals surface area contributed by atoms with Crippen LogP contribution in [0.25, 0.3) is 5.76 Å². The van der Waals surface area contributed by atoms with E-state index in [-0.39, 0.29) is 6.10 Å². The molecule has 0 spiro atoms. The summed E-state index contributed by atoms with van der Waals surface area (Å²) in [6, 6.07) is 8.66. The first-order valence-electron chi connectivity index (χ1n) is 8.61. The maximum Gasteiger partial charge on any atom is 0.181 e. The van der Waals surface area contributed by atoms with Gasteiger partial charge in [0.2, 0.25) is 0 Å². The molecular weight excluding hydrogens is 296 g/mol. The van der Waals surface area contributed by atoms with Gasteiger partial charge in [-0.2, -0.15) is 0 Å². The molecule has 4 atom stereocenters. The molecule has 4 aliphatic carbocycles. The van der Waals surface area contributed by atoms with Crippen LogP contribution in [0.5, 0.6) is 0 Å². The third-order valence-corrected chi connectivity index (χ3v) is 6.05. The van der Waals surface area contributed by atoms with Gasteiger partial charge < -0.3 is 9.47 Å². The lowest BCUT2D eigenvalue weighted by Gasteiger charge is -2.33. The zero-order chi connectivity index (χ0) is 15.4. The van der Waals surface area contributed by atoms with E-state index in [1.807, 2.05) is 0 Å². The molecule has 2 aliphatic heterocycles. The van der Waals surface area contributed by atoms with Crippen molar-refractivity contribution in [3.63, 3.8) is 0 Å². The van der Waals surface area contributed by atoms with E-state index in [1.165, 1.54) is 39.4 Å². The van der Waals surface area contributed by atoms with Crippen LogP contribution in [0.2, 0.25) is 0 Å². The molecule has 2 nitrogen and oxygen atoms in total. The molecule has 7 rings (SSSR count). The molecule has 0 bridgehead atoms. The molecular formula is C22H14O2. The van der Waals surface area contributed by atoms with E-state index < -0.39 is 0 Å². The topological polar surface area (TPSA) is 25.1 Å². The Morgan fingerprint density at radius 2 is 1.79 bits per heavy atom. The van der Waals surface area contributed by atoms with Crippen molar-refractivity contribution in [1.29, 1.82) is 0 Å². The first-order valence-corrected chi connectivity index (χ1v) is 8.61. The molecule has 1 aromatic carbocycles. The standard InChI is InChI=1S/C22H14O2/c1-3-7-13-11(5-1)15-9-18-16(10-17(15)21-19(13)23-21)12-6-2-4-8-14(12)20-22(18)24-20/h1-11,16,18,21H. The van der Waals surface area contributed by atoms with E-state index in [0.717, 1.165) is 5.76 Å². The molecule has 2 heterocycles. The molecule has 0 N–H and O–H groups in total. The summed E-state index contributed by atoms with van der Waals surface area (Å²) in [5.41, 5.74) is 6.79. The lowest BCUT2D eigenvalue weighted by molar-refractivity contribution is 0.442. The Morgan fingerprint density at radius 3 is 2.79 bits per heavy atom. The van der Waals surface area contributed by atoms with Crippen molar-refractivity contribution in [3.8, 4) is 0 Å². The van der Waals surface area contributed by atoms with E-state index in [2.05, 4.69) is 60.7 Å². The summed E-state index contributed by atoms with van der Waals surface area (Å²) >= 11 is 0. The summed E-state index contributed by atoms with van der Waals surface area (Å²) in [6.07, 6.45) is 13.8. The van der Waals surface area contributed by atoms with Crippen molar-refractivity contribution in [2.75, 3.05) is 0 Å². The van der Waals surface area contributed by atoms with Crippen LogP contribution in [0.1, 0.15) is 17.0 Å². The maximum atomic E-state index is 5.96. The van der Waals surface area contributed by atoms with Crippen molar-refractivity contribution >= 4 is 5.76 Å². The van der Waals surface area contributed by atoms with Gasteiger partial charge in [0.1, 0.15) is 5.76 Å². The molecule has 2 heteroatoms. The molecule has 0 radical (unpaired) electrons. The minimum Gasteiger partial charge on any atom is -0.477 e. The molecule has 24 heavy (non-hydrogen) atoms. The average molecular weight is 310 g/mol. The number of rotatable bonds is 0. The van der Waals surface area contributed by atoms with E-state index in [9.17, 15) is 0 Å². The summed E-state index contributed by atoms with van der Waals surface area (Å²) in [5, 5.41) is 0. The molecule has 1 aromatic rings. The van der Waals surface area contributed by atoms with Gasteiger partial charge in [-0.3, -0.25) is 0 Å². The Hall–Kier alpha value is -2.74. The predicted octanol–water partition coefficient (Wildman–Crippen LogP) is 4.37. The van der Waals surface area contributed by atoms with Gasteiger partial charge in [0.15, 0.2) is 17.6 Å². The highest BCUT2D eigenvalue weighted by Crippen LogP contribution is 2.60. The summed E-state index contributed by atoms with van der Waals surface area (Å²) in [6.45, 7) is 0. The second-order valence-corrected chi connectivity index (χ2v) is 7.22. The van der Waals surface area contributed by atoms with E-state index in [0.29, 0.717) is 17.8 Å². The summed E-state index contributed by atoms with van der Waals surface area (Å²) in [7, 11) is 0. The Bertz CT molecular complexity index is 1030. The van der Waals surface area contributed by atoms with E-state index >= 15 is 0 Å². The smallest absolute Gasteiger partial charge is 0.181 e. The minimum absolute atomic E-state index is 0.183. The third kappa shape index (κ3) is 1.26. The molecule has 6 aliphatic rings. The number of ether oxygens (including phenoxy) is 2. The highest BCUT2D eigenvalue weighted by molar-refractivity contribution is 5.79. The van der Waals surface area contributed by atoms with Crippen LogP contribution in [0, 0.1) is 11.8 Å². The fraction of sp³-hybridized carbons (Fsp3) is 0.182. The van der Waals surface area contributed by atoms with Crippen molar-refractivity contribution in [1.82, 2.24) is 0 Å². The number of benzene rings is 1. The Balaban J connectivity index is 1.45. The van der Waals surface area contributed by atoms with Crippen LogP contribution in [0.15, 0.2) is 89.0 Å². The van der Waals surface area contributed by atoms with Crippen LogP contribution < -0.4 is 0 Å². The SMILES string of the molecule is C1=CC2=C3OC3C3=CC4c5ccccc5C5=C(O5)C4C=C3C2C=C1. The summed E-state index contributed by atoms with van der Waals surface area (Å²) in [4.78, 5) is 0. The van der Waals surface area contributed by atoms with Crippen molar-refractivity contribution in [3.05, 3.63) is 100 Å². The van der Waals surface area contributed by atoms with Gasteiger partial charge in [-0.25, -0.2) is 0 Å². The quantitative estimate of drug-likeness (QED) is 0.665. The maximum absolute atomic E-state index is 5.96.